The molecule has 0 aromatic rings. The lowest BCUT2D eigenvalue weighted by Crippen LogP contribution is -2.08. The molecule has 0 saturated heterocycles. The smallest absolute Gasteiger partial charge is 0.305 e. The molecule has 0 saturated carbocycles. The van der Waals surface area contributed by atoms with Gasteiger partial charge in [-0.05, 0) is 65.2 Å². The highest BCUT2D eigenvalue weighted by Gasteiger charge is 2.06. The van der Waals surface area contributed by atoms with Crippen LogP contribution in [0.4, 0.5) is 0 Å². The van der Waals surface area contributed by atoms with Gasteiger partial charge in [0, 0.05) is 24.3 Å². The van der Waals surface area contributed by atoms with Crippen molar-refractivity contribution in [3.63, 3.8) is 0 Å². The average Bonchev–Trinajstić information content (AvgIpc) is 2.67. The Kier molecular flexibility index (Phi) is 14.1. The van der Waals surface area contributed by atoms with E-state index >= 15 is 0 Å². The molecule has 0 N–H and O–H groups in total. The van der Waals surface area contributed by atoms with Gasteiger partial charge in [-0.25, -0.2) is 0 Å². The third-order valence-corrected chi connectivity index (χ3v) is 4.80. The number of carbonyl (C=O) groups excluding carboxylic acids is 2. The maximum Gasteiger partial charge on any atom is 0.305 e. The van der Waals surface area contributed by atoms with E-state index in [2.05, 4.69) is 10.2 Å². The fraction of sp³-hybridized carbons (Fsp3) is 0.818. The Morgan fingerprint density at radius 2 is 0.893 bits per heavy atom. The molecule has 0 aromatic carbocycles. The van der Waals surface area contributed by atoms with Gasteiger partial charge in [-0.15, -0.1) is 0 Å². The standard InChI is InChI=1S/C22H38N2O4/c1-19-13-7-3-5-11-17-27-21(25)15-9-10-16-22(26)28-18-12-6-4-8-14-20(2)24-23-19/h3-18H2,1-2H3/b23-19-,24-20-. The third-order valence-electron chi connectivity index (χ3n) is 4.80. The van der Waals surface area contributed by atoms with Crippen LogP contribution in [0.25, 0.3) is 0 Å². The van der Waals surface area contributed by atoms with Gasteiger partial charge in [0.15, 0.2) is 0 Å². The predicted octanol–water partition coefficient (Wildman–Crippen LogP) is 5.38. The molecule has 6 nitrogen and oxygen atoms in total. The lowest BCUT2D eigenvalue weighted by molar-refractivity contribution is -0.146. The van der Waals surface area contributed by atoms with Crippen molar-refractivity contribution >= 4 is 23.4 Å². The van der Waals surface area contributed by atoms with Gasteiger partial charge in [0.1, 0.15) is 0 Å². The SMILES string of the molecule is C/C1=N/N=C(/C)CCCCCCOC(=O)CCCCC(=O)OCCCCCC1. The molecule has 0 amide bonds. The minimum Gasteiger partial charge on any atom is -0.466 e. The molecule has 1 rings (SSSR count). The second kappa shape index (κ2) is 16.3. The van der Waals surface area contributed by atoms with E-state index in [1.54, 1.807) is 0 Å². The normalized spacial score (nSPS) is 25.2. The molecular weight excluding hydrogens is 356 g/mol. The van der Waals surface area contributed by atoms with Gasteiger partial charge in [0.05, 0.1) is 13.2 Å². The maximum absolute atomic E-state index is 11.7. The summed E-state index contributed by atoms with van der Waals surface area (Å²) in [4.78, 5) is 23.4. The number of cyclic esters (lactones) is 2. The van der Waals surface area contributed by atoms with Gasteiger partial charge < -0.3 is 9.47 Å². The van der Waals surface area contributed by atoms with Crippen molar-refractivity contribution in [1.82, 2.24) is 0 Å². The fourth-order valence-electron chi connectivity index (χ4n) is 3.00. The van der Waals surface area contributed by atoms with Crippen LogP contribution in [-0.2, 0) is 19.1 Å². The molecule has 1 heterocycles. The number of hydrogen-bond donors (Lipinski definition) is 0. The molecule has 0 aromatic heterocycles. The number of ether oxygens (including phenoxy) is 2. The molecule has 1 aliphatic heterocycles. The Hall–Kier alpha value is -1.72. The minimum absolute atomic E-state index is 0.168. The zero-order valence-electron chi connectivity index (χ0n) is 17.8. The molecule has 6 heteroatoms. The van der Waals surface area contributed by atoms with Gasteiger partial charge in [0.2, 0.25) is 0 Å². The van der Waals surface area contributed by atoms with Crippen LogP contribution in [0, 0.1) is 0 Å². The highest BCUT2D eigenvalue weighted by Crippen LogP contribution is 2.09. The largest absolute Gasteiger partial charge is 0.466 e. The number of rotatable bonds is 0. The number of carbonyl (C=O) groups is 2. The summed E-state index contributed by atoms with van der Waals surface area (Å²) in [6.45, 7) is 5.03. The van der Waals surface area contributed by atoms with Crippen molar-refractivity contribution in [2.75, 3.05) is 13.2 Å². The highest BCUT2D eigenvalue weighted by atomic mass is 16.5. The highest BCUT2D eigenvalue weighted by molar-refractivity contribution is 5.85. The van der Waals surface area contributed by atoms with E-state index in [0.717, 1.165) is 75.6 Å². The summed E-state index contributed by atoms with van der Waals surface area (Å²) in [6.07, 6.45) is 12.3. The minimum atomic E-state index is -0.168. The topological polar surface area (TPSA) is 77.3 Å². The third kappa shape index (κ3) is 14.4. The molecule has 160 valence electrons. The first-order valence-electron chi connectivity index (χ1n) is 11.0. The molecule has 0 aliphatic carbocycles. The van der Waals surface area contributed by atoms with Crippen LogP contribution in [0.5, 0.6) is 0 Å². The molecular formula is C22H38N2O4. The van der Waals surface area contributed by atoms with Crippen LogP contribution in [0.3, 0.4) is 0 Å². The second-order valence-electron chi connectivity index (χ2n) is 7.65. The Morgan fingerprint density at radius 1 is 0.536 bits per heavy atom. The van der Waals surface area contributed by atoms with Crippen molar-refractivity contribution in [3.8, 4) is 0 Å². The summed E-state index contributed by atoms with van der Waals surface area (Å²) in [5.74, 6) is -0.335. The summed E-state index contributed by atoms with van der Waals surface area (Å²) in [5, 5.41) is 8.67. The zero-order valence-corrected chi connectivity index (χ0v) is 17.8. The average molecular weight is 395 g/mol. The molecule has 0 spiro atoms. The van der Waals surface area contributed by atoms with Crippen molar-refractivity contribution < 1.29 is 19.1 Å². The van der Waals surface area contributed by atoms with Crippen LogP contribution in [-0.4, -0.2) is 36.6 Å². The van der Waals surface area contributed by atoms with Crippen LogP contribution in [0.15, 0.2) is 10.2 Å². The van der Waals surface area contributed by atoms with E-state index < -0.39 is 0 Å². The van der Waals surface area contributed by atoms with E-state index in [0.29, 0.717) is 38.9 Å². The van der Waals surface area contributed by atoms with E-state index in [9.17, 15) is 9.59 Å². The van der Waals surface area contributed by atoms with Gasteiger partial charge in [-0.3, -0.25) is 9.59 Å². The molecule has 0 atom stereocenters. The Morgan fingerprint density at radius 3 is 1.32 bits per heavy atom. The number of esters is 2. The molecule has 28 heavy (non-hydrogen) atoms. The van der Waals surface area contributed by atoms with Crippen molar-refractivity contribution in [2.45, 2.75) is 104 Å². The van der Waals surface area contributed by atoms with Crippen LogP contribution < -0.4 is 0 Å². The maximum atomic E-state index is 11.7. The van der Waals surface area contributed by atoms with E-state index in [4.69, 9.17) is 9.47 Å². The fourth-order valence-corrected chi connectivity index (χ4v) is 3.00. The summed E-state index contributed by atoms with van der Waals surface area (Å²) in [7, 11) is 0. The first kappa shape index (κ1) is 24.3. The Bertz CT molecular complexity index is 469. The predicted molar refractivity (Wildman–Crippen MR) is 113 cm³/mol. The zero-order chi connectivity index (χ0) is 20.5. The number of hydrogen-bond acceptors (Lipinski definition) is 6. The molecule has 0 fully saturated rings. The second-order valence-corrected chi connectivity index (χ2v) is 7.65. The quantitative estimate of drug-likeness (QED) is 0.516. The summed E-state index contributed by atoms with van der Waals surface area (Å²) in [6, 6.07) is 0. The van der Waals surface area contributed by atoms with Gasteiger partial charge in [0.25, 0.3) is 0 Å². The first-order valence-corrected chi connectivity index (χ1v) is 11.0. The summed E-state index contributed by atoms with van der Waals surface area (Å²) < 4.78 is 10.5. The molecule has 0 bridgehead atoms. The lowest BCUT2D eigenvalue weighted by atomic mass is 10.1. The van der Waals surface area contributed by atoms with Crippen LogP contribution in [0.2, 0.25) is 0 Å². The van der Waals surface area contributed by atoms with E-state index in [-0.39, 0.29) is 11.9 Å². The molecule has 0 radical (unpaired) electrons. The van der Waals surface area contributed by atoms with Crippen LogP contribution in [0.1, 0.15) is 104 Å². The Balaban J connectivity index is 2.39. The van der Waals surface area contributed by atoms with E-state index in [1.807, 2.05) is 13.8 Å². The summed E-state index contributed by atoms with van der Waals surface area (Å²) in [5.41, 5.74) is 2.14. The number of nitrogens with zero attached hydrogens (tertiary/aromatic N) is 2. The van der Waals surface area contributed by atoms with Gasteiger partial charge in [-0.2, -0.15) is 10.2 Å². The van der Waals surface area contributed by atoms with Crippen molar-refractivity contribution in [1.29, 1.82) is 0 Å². The van der Waals surface area contributed by atoms with Crippen molar-refractivity contribution in [2.24, 2.45) is 10.2 Å². The van der Waals surface area contributed by atoms with Crippen molar-refractivity contribution in [3.05, 3.63) is 0 Å². The first-order chi connectivity index (χ1) is 13.6. The summed E-state index contributed by atoms with van der Waals surface area (Å²) >= 11 is 0. The van der Waals surface area contributed by atoms with Crippen LogP contribution >= 0.6 is 0 Å². The Labute approximate surface area is 170 Å². The lowest BCUT2D eigenvalue weighted by Gasteiger charge is -2.06. The van der Waals surface area contributed by atoms with E-state index in [1.165, 1.54) is 0 Å². The monoisotopic (exact) mass is 394 g/mol. The van der Waals surface area contributed by atoms with Gasteiger partial charge in [-0.1, -0.05) is 25.7 Å². The molecule has 1 aliphatic rings. The molecule has 0 unspecified atom stereocenters. The van der Waals surface area contributed by atoms with Gasteiger partial charge >= 0.3 is 11.9 Å².